The van der Waals surface area contributed by atoms with Crippen LogP contribution >= 0.6 is 11.3 Å². The summed E-state index contributed by atoms with van der Waals surface area (Å²) in [4.78, 5) is 6.06. The van der Waals surface area contributed by atoms with E-state index >= 15 is 0 Å². The molecule has 0 bridgehead atoms. The number of sulfonamides is 1. The quantitative estimate of drug-likeness (QED) is 0.524. The number of rotatable bonds is 6. The first-order valence-corrected chi connectivity index (χ1v) is 14.2. The lowest BCUT2D eigenvalue weighted by atomic mass is 10.3. The Bertz CT molecular complexity index is 1430. The monoisotopic (exact) mass is 518 g/mol. The van der Waals surface area contributed by atoms with Crippen molar-refractivity contribution in [3.05, 3.63) is 23.5 Å². The molecule has 178 valence electrons. The molecule has 0 amide bonds. The van der Waals surface area contributed by atoms with Gasteiger partial charge in [-0.25, -0.2) is 35.3 Å². The Morgan fingerprint density at radius 1 is 1.21 bits per heavy atom. The van der Waals surface area contributed by atoms with Gasteiger partial charge in [-0.1, -0.05) is 11.3 Å². The number of halogens is 2. The number of sulfone groups is 1. The molecular formula is C18H20F2N6O4S3. The summed E-state index contributed by atoms with van der Waals surface area (Å²) in [6, 6.07) is 1.50. The molecule has 0 atom stereocenters. The zero-order chi connectivity index (χ0) is 23.6. The number of fused-ring (bicyclic) bond motifs is 1. The van der Waals surface area contributed by atoms with Crippen LogP contribution in [0.2, 0.25) is 0 Å². The number of hydrogen-bond donors (Lipinski definition) is 1. The number of nitrogens with zero attached hydrogens (tertiary/aromatic N) is 5. The third kappa shape index (κ3) is 4.34. The molecule has 3 aromatic rings. The maximum Gasteiger partial charge on any atom is 0.291 e. The molecule has 2 fully saturated rings. The summed E-state index contributed by atoms with van der Waals surface area (Å²) in [7, 11) is -7.07. The van der Waals surface area contributed by atoms with E-state index in [4.69, 9.17) is 0 Å². The average molecular weight is 519 g/mol. The highest BCUT2D eigenvalue weighted by molar-refractivity contribution is 7.91. The Morgan fingerprint density at radius 2 is 1.91 bits per heavy atom. The second kappa shape index (κ2) is 7.65. The fraction of sp³-hybridized carbons (Fsp3) is 0.500. The van der Waals surface area contributed by atoms with Gasteiger partial charge < -0.3 is 4.90 Å². The molecule has 33 heavy (non-hydrogen) atoms. The van der Waals surface area contributed by atoms with Gasteiger partial charge in [-0.05, 0) is 25.8 Å². The zero-order valence-corrected chi connectivity index (χ0v) is 19.9. The maximum atomic E-state index is 13.1. The summed E-state index contributed by atoms with van der Waals surface area (Å²) >= 11 is 0.675. The SMILES string of the molecule is CC1(NS(=O)(=O)c2cc(N3CCS(=O)(=O)CC3)c3cnc(-c4nnc(C(F)F)s4)n3c2)CC1. The molecule has 1 saturated carbocycles. The van der Waals surface area contributed by atoms with Crippen LogP contribution in [-0.2, 0) is 19.9 Å². The predicted octanol–water partition coefficient (Wildman–Crippen LogP) is 1.86. The van der Waals surface area contributed by atoms with Crippen molar-refractivity contribution in [3.8, 4) is 10.8 Å². The van der Waals surface area contributed by atoms with Crippen LogP contribution in [0, 0.1) is 0 Å². The van der Waals surface area contributed by atoms with Gasteiger partial charge in [0.1, 0.15) is 4.90 Å². The second-order valence-electron chi connectivity index (χ2n) is 8.45. The van der Waals surface area contributed by atoms with Crippen LogP contribution in [-0.4, -0.2) is 66.6 Å². The molecule has 3 aromatic heterocycles. The summed E-state index contributed by atoms with van der Waals surface area (Å²) in [5, 5.41) is 6.95. The van der Waals surface area contributed by atoms with E-state index in [0.29, 0.717) is 22.5 Å². The minimum Gasteiger partial charge on any atom is -0.368 e. The van der Waals surface area contributed by atoms with E-state index in [9.17, 15) is 25.6 Å². The van der Waals surface area contributed by atoms with Crippen LogP contribution in [0.5, 0.6) is 0 Å². The highest BCUT2D eigenvalue weighted by atomic mass is 32.2. The van der Waals surface area contributed by atoms with Crippen LogP contribution in [0.15, 0.2) is 23.4 Å². The van der Waals surface area contributed by atoms with Gasteiger partial charge in [0.25, 0.3) is 6.43 Å². The lowest BCUT2D eigenvalue weighted by Gasteiger charge is -2.29. The predicted molar refractivity (Wildman–Crippen MR) is 118 cm³/mol. The fourth-order valence-electron chi connectivity index (χ4n) is 3.65. The maximum absolute atomic E-state index is 13.1. The number of nitrogens with one attached hydrogen (secondary N) is 1. The number of aromatic nitrogens is 4. The summed E-state index contributed by atoms with van der Waals surface area (Å²) in [6.07, 6.45) is 1.53. The van der Waals surface area contributed by atoms with Crippen LogP contribution in [0.1, 0.15) is 31.2 Å². The summed E-state index contributed by atoms with van der Waals surface area (Å²) in [6.45, 7) is 2.21. The average Bonchev–Trinajstić information content (AvgIpc) is 3.14. The molecule has 5 rings (SSSR count). The second-order valence-corrected chi connectivity index (χ2v) is 13.4. The normalized spacial score (nSPS) is 19.9. The van der Waals surface area contributed by atoms with Crippen molar-refractivity contribution in [1.29, 1.82) is 0 Å². The van der Waals surface area contributed by atoms with Crippen molar-refractivity contribution in [2.24, 2.45) is 0 Å². The third-order valence-corrected chi connectivity index (χ3v) is 9.93. The lowest BCUT2D eigenvalue weighted by Crippen LogP contribution is -2.40. The molecule has 1 aliphatic heterocycles. The molecule has 2 aliphatic rings. The fourth-order valence-corrected chi connectivity index (χ4v) is 7.03. The van der Waals surface area contributed by atoms with Gasteiger partial charge in [-0.2, -0.15) is 0 Å². The summed E-state index contributed by atoms with van der Waals surface area (Å²) in [5.41, 5.74) is 0.497. The molecule has 1 N–H and O–H groups in total. The Labute approximate surface area is 192 Å². The van der Waals surface area contributed by atoms with Crippen LogP contribution in [0.3, 0.4) is 0 Å². The van der Waals surface area contributed by atoms with E-state index in [0.717, 1.165) is 12.8 Å². The molecule has 1 aliphatic carbocycles. The van der Waals surface area contributed by atoms with Crippen molar-refractivity contribution in [2.45, 2.75) is 36.6 Å². The first-order valence-electron chi connectivity index (χ1n) is 10.1. The Hall–Kier alpha value is -2.23. The number of hydrogen-bond acceptors (Lipinski definition) is 9. The van der Waals surface area contributed by atoms with E-state index < -0.39 is 36.8 Å². The van der Waals surface area contributed by atoms with Crippen LogP contribution in [0.25, 0.3) is 16.3 Å². The largest absolute Gasteiger partial charge is 0.368 e. The van der Waals surface area contributed by atoms with Crippen LogP contribution < -0.4 is 9.62 Å². The van der Waals surface area contributed by atoms with Gasteiger partial charge in [-0.3, -0.25) is 4.40 Å². The van der Waals surface area contributed by atoms with Crippen molar-refractivity contribution in [3.63, 3.8) is 0 Å². The Morgan fingerprint density at radius 3 is 2.52 bits per heavy atom. The number of anilines is 1. The van der Waals surface area contributed by atoms with Crippen molar-refractivity contribution >= 4 is 42.4 Å². The van der Waals surface area contributed by atoms with E-state index in [1.54, 1.807) is 4.90 Å². The van der Waals surface area contributed by atoms with E-state index in [2.05, 4.69) is 19.9 Å². The first kappa shape index (κ1) is 22.6. The molecule has 1 saturated heterocycles. The number of alkyl halides is 2. The molecule has 4 heterocycles. The van der Waals surface area contributed by atoms with Gasteiger partial charge in [0.15, 0.2) is 25.7 Å². The minimum atomic E-state index is -3.91. The van der Waals surface area contributed by atoms with Crippen LogP contribution in [0.4, 0.5) is 14.5 Å². The number of imidazole rings is 1. The van der Waals surface area contributed by atoms with Gasteiger partial charge in [0, 0.05) is 24.8 Å². The van der Waals surface area contributed by atoms with Gasteiger partial charge in [-0.15, -0.1) is 10.2 Å². The molecule has 15 heteroatoms. The van der Waals surface area contributed by atoms with Crippen molar-refractivity contribution < 1.29 is 25.6 Å². The smallest absolute Gasteiger partial charge is 0.291 e. The zero-order valence-electron chi connectivity index (χ0n) is 17.4. The molecular weight excluding hydrogens is 498 g/mol. The van der Waals surface area contributed by atoms with Crippen molar-refractivity contribution in [2.75, 3.05) is 29.5 Å². The Balaban J connectivity index is 1.65. The highest BCUT2D eigenvalue weighted by Crippen LogP contribution is 2.37. The van der Waals surface area contributed by atoms with E-state index in [1.165, 1.54) is 22.9 Å². The Kier molecular flexibility index (Phi) is 5.23. The van der Waals surface area contributed by atoms with Crippen molar-refractivity contribution in [1.82, 2.24) is 24.3 Å². The van der Waals surface area contributed by atoms with Gasteiger partial charge in [0.2, 0.25) is 10.0 Å². The first-order chi connectivity index (χ1) is 15.5. The molecule has 0 spiro atoms. The topological polar surface area (TPSA) is 127 Å². The van der Waals surface area contributed by atoms with Gasteiger partial charge in [0.05, 0.1) is 28.9 Å². The van der Waals surface area contributed by atoms with Gasteiger partial charge >= 0.3 is 0 Å². The molecule has 0 unspecified atom stereocenters. The minimum absolute atomic E-state index is 0.0376. The van der Waals surface area contributed by atoms with E-state index in [1.807, 2.05) is 6.92 Å². The third-order valence-electron chi connectivity index (χ3n) is 5.79. The molecule has 0 radical (unpaired) electrons. The summed E-state index contributed by atoms with van der Waals surface area (Å²) in [5.74, 6) is 0.0680. The molecule has 0 aromatic carbocycles. The standard InChI is InChI=1S/C18H20F2N6O4S3/c1-18(2-3-18)24-33(29,30)11-8-12(25-4-6-32(27,28)7-5-25)13-9-21-15(26(13)10-11)17-23-22-16(31-17)14(19)20/h8-10,14,24H,2-7H2,1H3. The highest BCUT2D eigenvalue weighted by Gasteiger charge is 2.41. The summed E-state index contributed by atoms with van der Waals surface area (Å²) < 4.78 is 80.3. The number of pyridine rings is 1. The lowest BCUT2D eigenvalue weighted by molar-refractivity contribution is 0.150. The molecule has 10 nitrogen and oxygen atoms in total. The van der Waals surface area contributed by atoms with E-state index in [-0.39, 0.29) is 40.3 Å².